The number of benzene rings is 3. The number of carbonyl (C=O) groups excluding carboxylic acids is 1. The summed E-state index contributed by atoms with van der Waals surface area (Å²) in [6.45, 7) is 7.25. The van der Waals surface area contributed by atoms with Crippen molar-refractivity contribution in [1.29, 1.82) is 0 Å². The van der Waals surface area contributed by atoms with Crippen molar-refractivity contribution in [1.82, 2.24) is 19.3 Å². The molecule has 0 saturated heterocycles. The van der Waals surface area contributed by atoms with Crippen LogP contribution in [0.1, 0.15) is 65.5 Å². The summed E-state index contributed by atoms with van der Waals surface area (Å²) in [5, 5.41) is 9.39. The number of hydrogen-bond acceptors (Lipinski definition) is 8. The van der Waals surface area contributed by atoms with E-state index < -0.39 is 16.2 Å². The van der Waals surface area contributed by atoms with Crippen molar-refractivity contribution >= 4 is 38.9 Å². The number of hydrogen-bond donors (Lipinski definition) is 0. The van der Waals surface area contributed by atoms with E-state index in [0.717, 1.165) is 51.7 Å². The van der Waals surface area contributed by atoms with Crippen LogP contribution in [-0.4, -0.2) is 46.9 Å². The summed E-state index contributed by atoms with van der Waals surface area (Å²) < 4.78 is 46.3. The molecule has 3 aliphatic heterocycles. The predicted molar refractivity (Wildman–Crippen MR) is 162 cm³/mol. The summed E-state index contributed by atoms with van der Waals surface area (Å²) in [7, 11) is -4.04. The molecule has 1 unspecified atom stereocenters. The van der Waals surface area contributed by atoms with E-state index in [-0.39, 0.29) is 32.1 Å². The first-order valence-corrected chi connectivity index (χ1v) is 16.1. The quantitative estimate of drug-likeness (QED) is 0.271. The lowest BCUT2D eigenvalue weighted by Gasteiger charge is -2.29. The number of halogens is 1. The van der Waals surface area contributed by atoms with Gasteiger partial charge in [-0.05, 0) is 85.7 Å². The van der Waals surface area contributed by atoms with Crippen molar-refractivity contribution in [2.24, 2.45) is 0 Å². The minimum absolute atomic E-state index is 0.0778. The molecule has 2 atom stereocenters. The zero-order valence-electron chi connectivity index (χ0n) is 24.3. The van der Waals surface area contributed by atoms with E-state index in [1.54, 1.807) is 19.1 Å². The number of fused-ring (bicyclic) bond motifs is 5. The van der Waals surface area contributed by atoms with Crippen LogP contribution in [0, 0.1) is 13.8 Å². The first kappa shape index (κ1) is 29.4. The second-order valence-electron chi connectivity index (χ2n) is 11.0. The zero-order valence-corrected chi connectivity index (χ0v) is 25.9. The van der Waals surface area contributed by atoms with Gasteiger partial charge in [-0.25, -0.2) is 4.68 Å². The number of aryl methyl sites for hydroxylation is 3. The van der Waals surface area contributed by atoms with Gasteiger partial charge in [0.1, 0.15) is 22.5 Å². The normalized spacial score (nSPS) is 19.6. The Hall–Kier alpha value is -3.67. The Kier molecular flexibility index (Phi) is 8.06. The molecule has 3 aliphatic rings. The Balaban J connectivity index is 1.49. The van der Waals surface area contributed by atoms with Crippen LogP contribution in [0.15, 0.2) is 42.5 Å². The summed E-state index contributed by atoms with van der Waals surface area (Å²) in [4.78, 5) is 12.9. The molecule has 43 heavy (non-hydrogen) atoms. The lowest BCUT2D eigenvalue weighted by molar-refractivity contribution is -0.143. The highest BCUT2D eigenvalue weighted by Crippen LogP contribution is 2.39. The first-order valence-electron chi connectivity index (χ1n) is 14.4. The fraction of sp³-hybridized carbons (Fsp3) is 0.387. The maximum atomic E-state index is 13.2. The van der Waals surface area contributed by atoms with Gasteiger partial charge in [-0.1, -0.05) is 35.0 Å². The van der Waals surface area contributed by atoms with Crippen molar-refractivity contribution < 1.29 is 26.9 Å². The molecular formula is C31H33ClN4O6S. The Bertz CT molecular complexity index is 1820. The summed E-state index contributed by atoms with van der Waals surface area (Å²) in [5.74, 6) is 0.195. The van der Waals surface area contributed by atoms with Gasteiger partial charge in [0.15, 0.2) is 0 Å². The van der Waals surface area contributed by atoms with Gasteiger partial charge in [-0.3, -0.25) is 4.79 Å². The highest BCUT2D eigenvalue weighted by atomic mass is 35.5. The molecule has 4 heterocycles. The van der Waals surface area contributed by atoms with Crippen molar-refractivity contribution in [2.75, 3.05) is 13.2 Å². The Morgan fingerprint density at radius 2 is 1.91 bits per heavy atom. The minimum Gasteiger partial charge on any atom is -0.494 e. The third kappa shape index (κ3) is 5.81. The Labute approximate surface area is 255 Å². The molecule has 7 rings (SSSR count). The third-order valence-electron chi connectivity index (χ3n) is 8.13. The molecule has 0 fully saturated rings. The number of carbonyl (C=O) groups is 1. The summed E-state index contributed by atoms with van der Waals surface area (Å²) in [6, 6.07) is 12.9. The van der Waals surface area contributed by atoms with Crippen LogP contribution < -0.4 is 8.92 Å². The predicted octanol–water partition coefficient (Wildman–Crippen LogP) is 5.60. The molecule has 12 heteroatoms. The summed E-state index contributed by atoms with van der Waals surface area (Å²) in [6.07, 6.45) is 1.63. The molecular weight excluding hydrogens is 592 g/mol. The van der Waals surface area contributed by atoms with E-state index in [9.17, 15) is 13.2 Å². The van der Waals surface area contributed by atoms with Crippen molar-refractivity contribution in [3.05, 3.63) is 80.9 Å². The average molecular weight is 625 g/mol. The van der Waals surface area contributed by atoms with Crippen LogP contribution in [0.4, 0.5) is 0 Å². The summed E-state index contributed by atoms with van der Waals surface area (Å²) in [5.41, 5.74) is 6.40. The van der Waals surface area contributed by atoms with Gasteiger partial charge >= 0.3 is 16.3 Å². The fourth-order valence-electron chi connectivity index (χ4n) is 5.81. The number of aromatic nitrogens is 3. The van der Waals surface area contributed by atoms with Gasteiger partial charge in [0, 0.05) is 31.1 Å². The number of ether oxygens (including phenoxy) is 2. The molecule has 9 bridgehead atoms. The smallest absolute Gasteiger partial charge is 0.385 e. The first-order chi connectivity index (χ1) is 20.6. The maximum Gasteiger partial charge on any atom is 0.385 e. The van der Waals surface area contributed by atoms with Crippen LogP contribution in [-0.2, 0) is 39.5 Å². The van der Waals surface area contributed by atoms with E-state index >= 15 is 0 Å². The molecule has 1 aromatic heterocycles. The zero-order chi connectivity index (χ0) is 30.3. The molecule has 226 valence electrons. The molecule has 0 spiro atoms. The molecule has 0 aliphatic carbocycles. The van der Waals surface area contributed by atoms with Crippen LogP contribution >= 0.6 is 11.6 Å². The highest BCUT2D eigenvalue weighted by molar-refractivity contribution is 7.84. The average Bonchev–Trinajstić information content (AvgIpc) is 3.40. The van der Waals surface area contributed by atoms with E-state index in [4.69, 9.17) is 25.3 Å². The number of nitrogens with zero attached hydrogens (tertiary/aromatic N) is 4. The van der Waals surface area contributed by atoms with Crippen LogP contribution in [0.2, 0.25) is 5.02 Å². The van der Waals surface area contributed by atoms with Gasteiger partial charge in [-0.2, -0.15) is 12.7 Å². The largest absolute Gasteiger partial charge is 0.494 e. The molecule has 10 nitrogen and oxygen atoms in total. The fourth-order valence-corrected chi connectivity index (χ4v) is 7.20. The number of rotatable bonds is 3. The molecule has 0 N–H and O–H groups in total. The van der Waals surface area contributed by atoms with Crippen LogP contribution in [0.25, 0.3) is 11.0 Å². The highest BCUT2D eigenvalue weighted by Gasteiger charge is 2.33. The van der Waals surface area contributed by atoms with Gasteiger partial charge in [0.2, 0.25) is 0 Å². The van der Waals surface area contributed by atoms with Gasteiger partial charge in [0.05, 0.1) is 24.7 Å². The minimum atomic E-state index is -4.04. The van der Waals surface area contributed by atoms with Crippen molar-refractivity contribution in [2.45, 2.75) is 65.6 Å². The Morgan fingerprint density at radius 3 is 2.72 bits per heavy atom. The molecule has 0 saturated carbocycles. The maximum absolute atomic E-state index is 13.2. The number of esters is 1. The molecule has 4 aromatic rings. The van der Waals surface area contributed by atoms with E-state index in [0.29, 0.717) is 35.2 Å². The van der Waals surface area contributed by atoms with Gasteiger partial charge in [0.25, 0.3) is 0 Å². The van der Waals surface area contributed by atoms with Crippen molar-refractivity contribution in [3.8, 4) is 11.5 Å². The topological polar surface area (TPSA) is 113 Å². The standard InChI is InChI=1S/C31H33ClN4O6S/c1-4-40-29(37)16-26-21-8-7-19(2)22(13-21)17-35-18-23-14-24(9-10-28(23)42-43(35,38)39)41-12-6-5-11-36-31-27(32)15-25(26)20(3)30(31)33-34-36/h7-10,13-15,26H,4-6,11-12,16-18H2,1-3H3/t26-/m1/s1. The third-order valence-corrected chi connectivity index (χ3v) is 9.70. The van der Waals surface area contributed by atoms with Crippen LogP contribution in [0.5, 0.6) is 11.5 Å². The second kappa shape index (κ2) is 11.8. The van der Waals surface area contributed by atoms with E-state index in [1.165, 1.54) is 4.31 Å². The second-order valence-corrected chi connectivity index (χ2v) is 12.9. The van der Waals surface area contributed by atoms with Crippen molar-refractivity contribution in [3.63, 3.8) is 0 Å². The monoisotopic (exact) mass is 624 g/mol. The van der Waals surface area contributed by atoms with Gasteiger partial charge in [-0.15, -0.1) is 5.10 Å². The van der Waals surface area contributed by atoms with Gasteiger partial charge < -0.3 is 13.7 Å². The molecule has 3 aromatic carbocycles. The van der Waals surface area contributed by atoms with E-state index in [1.807, 2.05) is 48.9 Å². The lowest BCUT2D eigenvalue weighted by Crippen LogP contribution is -2.37. The Morgan fingerprint density at radius 1 is 1.09 bits per heavy atom. The van der Waals surface area contributed by atoms with E-state index in [2.05, 4.69) is 10.3 Å². The lowest BCUT2D eigenvalue weighted by atomic mass is 9.84. The molecule has 0 radical (unpaired) electrons. The summed E-state index contributed by atoms with van der Waals surface area (Å²) >= 11 is 6.89. The SMILES string of the molecule is CCOC(=O)C[C@@H]1c2ccc(C)c(c2)CN2Cc3cc(ccc3OS2(=O)=O)OCCCCn2nnc3c(C)c1cc(Cl)c32. The molecule has 0 amide bonds. The van der Waals surface area contributed by atoms with Crippen LogP contribution in [0.3, 0.4) is 0 Å².